The molecule has 0 fully saturated rings. The van der Waals surface area contributed by atoms with E-state index in [1.807, 2.05) is 0 Å². The molecule has 0 aliphatic rings. The molecule has 0 bridgehead atoms. The molecular formula is C8H17O4P. The zero-order valence-corrected chi connectivity index (χ0v) is 9.47. The Labute approximate surface area is 79.1 Å². The maximum atomic E-state index is 11.6. The van der Waals surface area contributed by atoms with Crippen molar-refractivity contribution in [3.05, 3.63) is 0 Å². The van der Waals surface area contributed by atoms with Crippen molar-refractivity contribution in [2.75, 3.05) is 12.8 Å². The molecule has 0 aromatic heterocycles. The lowest BCUT2D eigenvalue weighted by molar-refractivity contribution is -0.138. The van der Waals surface area contributed by atoms with Crippen LogP contribution in [0.15, 0.2) is 0 Å². The van der Waals surface area contributed by atoms with Crippen molar-refractivity contribution in [2.45, 2.75) is 27.7 Å². The lowest BCUT2D eigenvalue weighted by Gasteiger charge is -2.16. The van der Waals surface area contributed by atoms with Gasteiger partial charge in [-0.05, 0) is 6.92 Å². The van der Waals surface area contributed by atoms with Gasteiger partial charge in [-0.25, -0.2) is 4.57 Å². The molecule has 0 rings (SSSR count). The quantitative estimate of drug-likeness (QED) is 0.651. The van der Waals surface area contributed by atoms with E-state index in [9.17, 15) is 9.36 Å². The third-order valence-corrected chi connectivity index (χ3v) is 3.30. The molecule has 4 nitrogen and oxygen atoms in total. The molecule has 0 N–H and O–H groups in total. The summed E-state index contributed by atoms with van der Waals surface area (Å²) >= 11 is 0. The second-order valence-corrected chi connectivity index (χ2v) is 5.20. The highest BCUT2D eigenvalue weighted by Crippen LogP contribution is 2.48. The Morgan fingerprint density at radius 3 is 2.23 bits per heavy atom. The number of hydrogen-bond acceptors (Lipinski definition) is 4. The van der Waals surface area contributed by atoms with Gasteiger partial charge in [0.2, 0.25) is 0 Å². The molecule has 5 heteroatoms. The molecular weight excluding hydrogens is 191 g/mol. The summed E-state index contributed by atoms with van der Waals surface area (Å²) in [7, 11) is -3.16. The predicted octanol–water partition coefficient (Wildman–Crippen LogP) is 2.44. The summed E-state index contributed by atoms with van der Waals surface area (Å²) in [5.74, 6) is -0.751. The van der Waals surface area contributed by atoms with Crippen LogP contribution >= 0.6 is 7.60 Å². The van der Waals surface area contributed by atoms with E-state index in [0.29, 0.717) is 0 Å². The van der Waals surface area contributed by atoms with Gasteiger partial charge in [-0.2, -0.15) is 0 Å². The summed E-state index contributed by atoms with van der Waals surface area (Å²) in [5, 5.41) is 0. The van der Waals surface area contributed by atoms with Gasteiger partial charge >= 0.3 is 13.6 Å². The zero-order valence-electron chi connectivity index (χ0n) is 8.57. The first-order valence-corrected chi connectivity index (χ1v) is 6.15. The van der Waals surface area contributed by atoms with E-state index in [0.717, 1.165) is 0 Å². The average molecular weight is 208 g/mol. The Morgan fingerprint density at radius 2 is 1.92 bits per heavy atom. The maximum Gasteiger partial charge on any atom is 0.381 e. The van der Waals surface area contributed by atoms with Crippen LogP contribution < -0.4 is 0 Å². The second-order valence-electron chi connectivity index (χ2n) is 2.91. The lowest BCUT2D eigenvalue weighted by Crippen LogP contribution is -2.12. The van der Waals surface area contributed by atoms with Crippen LogP contribution in [0.1, 0.15) is 27.7 Å². The molecule has 0 saturated carbocycles. The molecule has 0 radical (unpaired) electrons. The van der Waals surface area contributed by atoms with Crippen LogP contribution in [0.3, 0.4) is 0 Å². The van der Waals surface area contributed by atoms with Gasteiger partial charge in [0.1, 0.15) is 0 Å². The van der Waals surface area contributed by atoms with Crippen molar-refractivity contribution < 1.29 is 18.4 Å². The molecule has 0 saturated heterocycles. The molecule has 0 spiro atoms. The topological polar surface area (TPSA) is 52.6 Å². The van der Waals surface area contributed by atoms with Gasteiger partial charge in [-0.3, -0.25) is 4.79 Å². The first-order chi connectivity index (χ1) is 5.95. The fourth-order valence-corrected chi connectivity index (χ4v) is 1.86. The summed E-state index contributed by atoms with van der Waals surface area (Å²) in [6.07, 6.45) is 0.222. The number of rotatable bonds is 5. The van der Waals surface area contributed by atoms with Crippen molar-refractivity contribution in [1.82, 2.24) is 0 Å². The minimum atomic E-state index is -3.16. The highest BCUT2D eigenvalue weighted by Gasteiger charge is 2.26. The molecule has 78 valence electrons. The largest absolute Gasteiger partial charge is 0.391 e. The van der Waals surface area contributed by atoms with Gasteiger partial charge in [0, 0.05) is 0 Å². The highest BCUT2D eigenvalue weighted by atomic mass is 31.2. The van der Waals surface area contributed by atoms with Crippen molar-refractivity contribution in [1.29, 1.82) is 0 Å². The normalized spacial score (nSPS) is 15.5. The SMILES string of the molecule is CCO[P@@](=O)(CC)OC(=O)C(C)C. The van der Waals surface area contributed by atoms with E-state index >= 15 is 0 Å². The Morgan fingerprint density at radius 1 is 1.38 bits per heavy atom. The van der Waals surface area contributed by atoms with Crippen molar-refractivity contribution in [2.24, 2.45) is 5.92 Å². The smallest absolute Gasteiger partial charge is 0.381 e. The fraction of sp³-hybridized carbons (Fsp3) is 0.875. The van der Waals surface area contributed by atoms with Crippen LogP contribution in [0.2, 0.25) is 0 Å². The third-order valence-electron chi connectivity index (χ3n) is 1.41. The van der Waals surface area contributed by atoms with Crippen LogP contribution in [-0.4, -0.2) is 18.7 Å². The van der Waals surface area contributed by atoms with E-state index in [1.165, 1.54) is 0 Å². The van der Waals surface area contributed by atoms with E-state index in [-0.39, 0.29) is 18.7 Å². The molecule has 0 aliphatic heterocycles. The minimum Gasteiger partial charge on any atom is -0.391 e. The molecule has 0 aromatic rings. The van der Waals surface area contributed by atoms with Gasteiger partial charge in [0.05, 0.1) is 18.7 Å². The van der Waals surface area contributed by atoms with Gasteiger partial charge < -0.3 is 9.05 Å². The first kappa shape index (κ1) is 12.7. The molecule has 0 amide bonds. The molecule has 13 heavy (non-hydrogen) atoms. The van der Waals surface area contributed by atoms with Crippen molar-refractivity contribution in [3.63, 3.8) is 0 Å². The van der Waals surface area contributed by atoms with Crippen LogP contribution in [0.4, 0.5) is 0 Å². The molecule has 0 aliphatic carbocycles. The first-order valence-electron chi connectivity index (χ1n) is 4.42. The summed E-state index contributed by atoms with van der Waals surface area (Å²) in [6.45, 7) is 7.05. The van der Waals surface area contributed by atoms with Crippen LogP contribution in [-0.2, 0) is 18.4 Å². The predicted molar refractivity (Wildman–Crippen MR) is 50.7 cm³/mol. The third kappa shape index (κ3) is 4.44. The molecule has 0 heterocycles. The number of hydrogen-bond donors (Lipinski definition) is 0. The second kappa shape index (κ2) is 5.40. The fourth-order valence-electron chi connectivity index (χ4n) is 0.621. The highest BCUT2D eigenvalue weighted by molar-refractivity contribution is 7.54. The monoisotopic (exact) mass is 208 g/mol. The molecule has 0 aromatic carbocycles. The Hall–Kier alpha value is -0.340. The number of carbonyl (C=O) groups excluding carboxylic acids is 1. The van der Waals surface area contributed by atoms with E-state index in [4.69, 9.17) is 9.05 Å². The maximum absolute atomic E-state index is 11.6. The Kier molecular flexibility index (Phi) is 5.26. The van der Waals surface area contributed by atoms with Crippen LogP contribution in [0.5, 0.6) is 0 Å². The van der Waals surface area contributed by atoms with Crippen molar-refractivity contribution >= 4 is 13.6 Å². The minimum absolute atomic E-state index is 0.222. The van der Waals surface area contributed by atoms with Gasteiger partial charge in [0.25, 0.3) is 0 Å². The molecule has 1 atom stereocenters. The van der Waals surface area contributed by atoms with Crippen LogP contribution in [0.25, 0.3) is 0 Å². The zero-order chi connectivity index (χ0) is 10.5. The summed E-state index contributed by atoms with van der Waals surface area (Å²) in [6, 6.07) is 0. The van der Waals surface area contributed by atoms with Gasteiger partial charge in [0.15, 0.2) is 0 Å². The Balaban J connectivity index is 4.27. The van der Waals surface area contributed by atoms with Gasteiger partial charge in [-0.15, -0.1) is 0 Å². The number of carbonyl (C=O) groups is 1. The van der Waals surface area contributed by atoms with E-state index in [2.05, 4.69) is 0 Å². The van der Waals surface area contributed by atoms with E-state index < -0.39 is 13.6 Å². The summed E-state index contributed by atoms with van der Waals surface area (Å²) < 4.78 is 21.3. The summed E-state index contributed by atoms with van der Waals surface area (Å²) in [5.41, 5.74) is 0. The van der Waals surface area contributed by atoms with Gasteiger partial charge in [-0.1, -0.05) is 20.8 Å². The Bertz CT molecular complexity index is 212. The van der Waals surface area contributed by atoms with E-state index in [1.54, 1.807) is 27.7 Å². The van der Waals surface area contributed by atoms with Crippen molar-refractivity contribution in [3.8, 4) is 0 Å². The van der Waals surface area contributed by atoms with Crippen LogP contribution in [0, 0.1) is 5.92 Å². The standard InChI is InChI=1S/C8H17O4P/c1-5-11-13(10,6-2)12-8(9)7(3)4/h7H,5-6H2,1-4H3/t13-/m0/s1. The lowest BCUT2D eigenvalue weighted by atomic mass is 10.2. The summed E-state index contributed by atoms with van der Waals surface area (Å²) in [4.78, 5) is 11.1. The average Bonchev–Trinajstić information content (AvgIpc) is 2.04. The molecule has 0 unspecified atom stereocenters.